The number of anilines is 1. The standard InChI is InChI=1S/C6H6Cl2N2.C4H9NO2/c1-3-2-4(7)10-6(8)5(3)9;1-4(2-6)5-3-7/h2H,9H2,1H3;3-4,6H,2H2,1H3,(H,5,7)/t;4-/m.0/s1. The van der Waals surface area contributed by atoms with E-state index < -0.39 is 0 Å². The van der Waals surface area contributed by atoms with Crippen molar-refractivity contribution in [3.8, 4) is 0 Å². The number of rotatable bonds is 3. The van der Waals surface area contributed by atoms with Crippen LogP contribution in [0.25, 0.3) is 0 Å². The number of nitrogens with two attached hydrogens (primary N) is 1. The van der Waals surface area contributed by atoms with Crippen molar-refractivity contribution in [2.24, 2.45) is 0 Å². The minimum Gasteiger partial charge on any atom is -0.396 e. The summed E-state index contributed by atoms with van der Waals surface area (Å²) in [4.78, 5) is 13.3. The first-order valence-corrected chi connectivity index (χ1v) is 5.56. The van der Waals surface area contributed by atoms with E-state index in [1.165, 1.54) is 0 Å². The van der Waals surface area contributed by atoms with Gasteiger partial charge in [0.25, 0.3) is 0 Å². The highest BCUT2D eigenvalue weighted by atomic mass is 35.5. The lowest BCUT2D eigenvalue weighted by Crippen LogP contribution is -2.27. The van der Waals surface area contributed by atoms with Crippen LogP contribution in [0.5, 0.6) is 0 Å². The van der Waals surface area contributed by atoms with Crippen LogP contribution >= 0.6 is 23.2 Å². The number of aromatic nitrogens is 1. The maximum Gasteiger partial charge on any atom is 0.207 e. The van der Waals surface area contributed by atoms with Crippen molar-refractivity contribution in [3.05, 3.63) is 21.9 Å². The van der Waals surface area contributed by atoms with E-state index in [9.17, 15) is 4.79 Å². The Bertz CT molecular complexity index is 352. The molecule has 1 atom stereocenters. The predicted octanol–water partition coefficient (Wildman–Crippen LogP) is 1.39. The highest BCUT2D eigenvalue weighted by Gasteiger charge is 2.01. The molecule has 1 amide bonds. The molecule has 0 bridgehead atoms. The summed E-state index contributed by atoms with van der Waals surface area (Å²) in [5, 5.41) is 11.2. The quantitative estimate of drug-likeness (QED) is 0.576. The summed E-state index contributed by atoms with van der Waals surface area (Å²) < 4.78 is 0. The molecule has 7 heteroatoms. The third-order valence-electron chi connectivity index (χ3n) is 1.81. The molecular formula is C10H15Cl2N3O2. The summed E-state index contributed by atoms with van der Waals surface area (Å²) in [7, 11) is 0. The monoisotopic (exact) mass is 279 g/mol. The first-order chi connectivity index (χ1) is 7.92. The maximum atomic E-state index is 9.55. The number of halogens is 2. The molecule has 17 heavy (non-hydrogen) atoms. The van der Waals surface area contributed by atoms with E-state index in [1.54, 1.807) is 13.0 Å². The minimum atomic E-state index is -0.113. The van der Waals surface area contributed by atoms with Crippen LogP contribution in [0.3, 0.4) is 0 Å². The first kappa shape index (κ1) is 16.0. The van der Waals surface area contributed by atoms with Crippen LogP contribution in [0.1, 0.15) is 12.5 Å². The van der Waals surface area contributed by atoms with E-state index in [1.807, 2.05) is 6.92 Å². The number of pyridine rings is 1. The molecule has 1 aromatic heterocycles. The van der Waals surface area contributed by atoms with Gasteiger partial charge in [-0.25, -0.2) is 4.98 Å². The third kappa shape index (κ3) is 6.31. The number of nitrogen functional groups attached to an aromatic ring is 1. The molecule has 0 unspecified atom stereocenters. The van der Waals surface area contributed by atoms with Crippen LogP contribution in [0, 0.1) is 6.92 Å². The smallest absolute Gasteiger partial charge is 0.207 e. The summed E-state index contributed by atoms with van der Waals surface area (Å²) in [6.07, 6.45) is 0.570. The number of hydrogen-bond acceptors (Lipinski definition) is 4. The van der Waals surface area contributed by atoms with E-state index in [0.29, 0.717) is 17.3 Å². The van der Waals surface area contributed by atoms with Crippen LogP contribution in [-0.2, 0) is 4.79 Å². The molecule has 0 aliphatic carbocycles. The van der Waals surface area contributed by atoms with Crippen LogP contribution < -0.4 is 11.1 Å². The van der Waals surface area contributed by atoms with Gasteiger partial charge in [0.15, 0.2) is 5.15 Å². The highest BCUT2D eigenvalue weighted by molar-refractivity contribution is 6.34. The minimum absolute atomic E-state index is 0.00125. The molecule has 0 saturated heterocycles. The van der Waals surface area contributed by atoms with Crippen molar-refractivity contribution in [1.82, 2.24) is 10.3 Å². The molecule has 0 aliphatic heterocycles. The molecule has 1 rings (SSSR count). The van der Waals surface area contributed by atoms with Gasteiger partial charge in [0.1, 0.15) is 5.15 Å². The summed E-state index contributed by atoms with van der Waals surface area (Å²) in [5.41, 5.74) is 6.84. The van der Waals surface area contributed by atoms with Gasteiger partial charge in [0.05, 0.1) is 12.3 Å². The van der Waals surface area contributed by atoms with Gasteiger partial charge in [-0.3, -0.25) is 4.79 Å². The SMILES string of the molecule is C[C@@H](CO)NC=O.Cc1cc(Cl)nc(Cl)c1N. The lowest BCUT2D eigenvalue weighted by Gasteiger charge is -2.01. The summed E-state index contributed by atoms with van der Waals surface area (Å²) in [6, 6.07) is 1.56. The van der Waals surface area contributed by atoms with E-state index in [4.69, 9.17) is 34.0 Å². The number of nitrogens with one attached hydrogen (secondary N) is 1. The second kappa shape index (κ2) is 8.11. The zero-order valence-corrected chi connectivity index (χ0v) is 11.1. The Balaban J connectivity index is 0.000000325. The molecular weight excluding hydrogens is 265 g/mol. The van der Waals surface area contributed by atoms with Crippen LogP contribution in [-0.4, -0.2) is 29.1 Å². The molecule has 0 radical (unpaired) electrons. The van der Waals surface area contributed by atoms with Gasteiger partial charge < -0.3 is 16.2 Å². The van der Waals surface area contributed by atoms with Gasteiger partial charge in [-0.15, -0.1) is 0 Å². The predicted molar refractivity (Wildman–Crippen MR) is 69.2 cm³/mol. The molecule has 0 saturated carbocycles. The Kier molecular flexibility index (Phi) is 7.61. The highest BCUT2D eigenvalue weighted by Crippen LogP contribution is 2.22. The third-order valence-corrected chi connectivity index (χ3v) is 2.30. The molecule has 0 aromatic carbocycles. The Hall–Kier alpha value is -1.04. The molecule has 1 aromatic rings. The molecule has 1 heterocycles. The van der Waals surface area contributed by atoms with E-state index in [0.717, 1.165) is 5.56 Å². The average molecular weight is 280 g/mol. The van der Waals surface area contributed by atoms with Crippen molar-refractivity contribution in [2.45, 2.75) is 19.9 Å². The second-order valence-corrected chi connectivity index (χ2v) is 4.08. The van der Waals surface area contributed by atoms with Crippen molar-refractivity contribution in [2.75, 3.05) is 12.3 Å². The Morgan fingerprint density at radius 1 is 1.65 bits per heavy atom. The van der Waals surface area contributed by atoms with Crippen molar-refractivity contribution in [1.29, 1.82) is 0 Å². The van der Waals surface area contributed by atoms with E-state index in [2.05, 4.69) is 10.3 Å². The zero-order chi connectivity index (χ0) is 13.4. The fraction of sp³-hybridized carbons (Fsp3) is 0.400. The number of aliphatic hydroxyl groups excluding tert-OH is 1. The lowest BCUT2D eigenvalue weighted by molar-refractivity contribution is -0.110. The van der Waals surface area contributed by atoms with Crippen molar-refractivity contribution in [3.63, 3.8) is 0 Å². The van der Waals surface area contributed by atoms with Crippen molar-refractivity contribution >= 4 is 35.3 Å². The van der Waals surface area contributed by atoms with Crippen LogP contribution in [0.2, 0.25) is 10.3 Å². The number of amides is 1. The van der Waals surface area contributed by atoms with Crippen LogP contribution in [0.4, 0.5) is 5.69 Å². The number of carbonyl (C=O) groups is 1. The number of aliphatic hydroxyl groups is 1. The molecule has 0 aliphatic rings. The molecule has 4 N–H and O–H groups in total. The Morgan fingerprint density at radius 2 is 2.24 bits per heavy atom. The van der Waals surface area contributed by atoms with Gasteiger partial charge in [-0.2, -0.15) is 0 Å². The molecule has 5 nitrogen and oxygen atoms in total. The Labute approximate surface area is 110 Å². The van der Waals surface area contributed by atoms with Gasteiger partial charge in [-0.05, 0) is 25.5 Å². The molecule has 96 valence electrons. The van der Waals surface area contributed by atoms with Gasteiger partial charge in [-0.1, -0.05) is 23.2 Å². The zero-order valence-electron chi connectivity index (χ0n) is 9.58. The number of hydrogen-bond donors (Lipinski definition) is 3. The summed E-state index contributed by atoms with van der Waals surface area (Å²) >= 11 is 11.2. The van der Waals surface area contributed by atoms with E-state index in [-0.39, 0.29) is 17.8 Å². The summed E-state index contributed by atoms with van der Waals surface area (Å²) in [5.74, 6) is 0. The normalized spacial score (nSPS) is 11.1. The van der Waals surface area contributed by atoms with Gasteiger partial charge in [0.2, 0.25) is 6.41 Å². The number of carbonyl (C=O) groups excluding carboxylic acids is 1. The summed E-state index contributed by atoms with van der Waals surface area (Å²) in [6.45, 7) is 3.54. The fourth-order valence-electron chi connectivity index (χ4n) is 0.774. The van der Waals surface area contributed by atoms with Gasteiger partial charge >= 0.3 is 0 Å². The lowest BCUT2D eigenvalue weighted by atomic mass is 10.3. The Morgan fingerprint density at radius 3 is 2.59 bits per heavy atom. The fourth-order valence-corrected chi connectivity index (χ4v) is 1.31. The second-order valence-electron chi connectivity index (χ2n) is 3.33. The van der Waals surface area contributed by atoms with E-state index >= 15 is 0 Å². The number of nitrogens with zero attached hydrogens (tertiary/aromatic N) is 1. The average Bonchev–Trinajstić information content (AvgIpc) is 2.27. The maximum absolute atomic E-state index is 9.55. The largest absolute Gasteiger partial charge is 0.396 e. The number of aryl methyl sites for hydroxylation is 1. The van der Waals surface area contributed by atoms with Gasteiger partial charge in [0, 0.05) is 6.04 Å². The topological polar surface area (TPSA) is 88.2 Å². The first-order valence-electron chi connectivity index (χ1n) is 4.81. The van der Waals surface area contributed by atoms with Crippen LogP contribution in [0.15, 0.2) is 6.07 Å². The molecule has 0 fully saturated rings. The molecule has 0 spiro atoms. The van der Waals surface area contributed by atoms with Crippen molar-refractivity contribution < 1.29 is 9.90 Å².